The van der Waals surface area contributed by atoms with Gasteiger partial charge in [-0.1, -0.05) is 60.7 Å². The predicted octanol–water partition coefficient (Wildman–Crippen LogP) is 5.06. The lowest BCUT2D eigenvalue weighted by atomic mass is 9.94. The Kier molecular flexibility index (Phi) is 8.33. The highest BCUT2D eigenvalue weighted by Crippen LogP contribution is 2.36. The molecule has 1 aromatic heterocycles. The number of hydrogen-bond acceptors (Lipinski definition) is 6. The van der Waals surface area contributed by atoms with Crippen LogP contribution < -0.4 is 10.6 Å². The molecule has 2 unspecified atom stereocenters. The zero-order valence-corrected chi connectivity index (χ0v) is 22.4. The summed E-state index contributed by atoms with van der Waals surface area (Å²) in [5.41, 5.74) is 2.54. The molecule has 9 heteroatoms. The van der Waals surface area contributed by atoms with Crippen molar-refractivity contribution in [2.45, 2.75) is 12.0 Å². The Bertz CT molecular complexity index is 1500. The van der Waals surface area contributed by atoms with E-state index in [0.29, 0.717) is 35.5 Å². The van der Waals surface area contributed by atoms with Gasteiger partial charge >= 0.3 is 12.0 Å². The Morgan fingerprint density at radius 2 is 1.70 bits per heavy atom. The van der Waals surface area contributed by atoms with E-state index in [9.17, 15) is 14.0 Å². The van der Waals surface area contributed by atoms with Crippen molar-refractivity contribution < 1.29 is 23.5 Å². The fourth-order valence-corrected chi connectivity index (χ4v) is 5.26. The summed E-state index contributed by atoms with van der Waals surface area (Å²) in [5, 5.41) is 6.86. The number of rotatable bonds is 8. The first-order chi connectivity index (χ1) is 19.5. The zero-order chi connectivity index (χ0) is 28.1. The third-order valence-electron chi connectivity index (χ3n) is 7.18. The molecule has 8 nitrogen and oxygen atoms in total. The van der Waals surface area contributed by atoms with Gasteiger partial charge in [0.15, 0.2) is 5.69 Å². The zero-order valence-electron chi connectivity index (χ0n) is 22.4. The van der Waals surface area contributed by atoms with Crippen molar-refractivity contribution in [1.29, 1.82) is 0 Å². The number of esters is 1. The van der Waals surface area contributed by atoms with Crippen LogP contribution in [-0.4, -0.2) is 68.4 Å². The van der Waals surface area contributed by atoms with Crippen molar-refractivity contribution in [1.82, 2.24) is 15.2 Å². The Morgan fingerprint density at radius 3 is 2.40 bits per heavy atom. The van der Waals surface area contributed by atoms with Crippen molar-refractivity contribution in [3.63, 3.8) is 0 Å². The highest BCUT2D eigenvalue weighted by atomic mass is 19.1. The summed E-state index contributed by atoms with van der Waals surface area (Å²) in [6, 6.07) is 22.8. The summed E-state index contributed by atoms with van der Waals surface area (Å²) in [5.74, 6) is -1.14. The Morgan fingerprint density at radius 1 is 0.975 bits per heavy atom. The van der Waals surface area contributed by atoms with Gasteiger partial charge in [0.1, 0.15) is 5.82 Å². The fraction of sp³-hybridized carbons (Fsp3) is 0.258. The standard InChI is InChI=1S/C31H31FN4O4/c1-39-16-15-36-18-25(20-9-5-3-6-10-20)26(19-36)33-31(38)35-28-23-14-13-22(32)17-24(23)29(30(37)40-2)34-27(28)21-11-7-4-8-12-21/h3-14,17,25-26H,15-16,18-19H2,1-2H3,(H2,33,35,38). The number of ether oxygens (including phenoxy) is 2. The minimum atomic E-state index is -0.698. The molecule has 0 aliphatic carbocycles. The van der Waals surface area contributed by atoms with Crippen molar-refractivity contribution in [2.75, 3.05) is 45.8 Å². The van der Waals surface area contributed by atoms with Gasteiger partial charge in [-0.3, -0.25) is 4.90 Å². The number of methoxy groups -OCH3 is 2. The van der Waals surface area contributed by atoms with Crippen LogP contribution in [0.2, 0.25) is 0 Å². The second kappa shape index (κ2) is 12.2. The smallest absolute Gasteiger partial charge is 0.357 e. The Labute approximate surface area is 232 Å². The molecule has 0 bridgehead atoms. The Balaban J connectivity index is 1.51. The number of nitrogens with zero attached hydrogens (tertiary/aromatic N) is 2. The average Bonchev–Trinajstić information content (AvgIpc) is 3.38. The molecule has 2 N–H and O–H groups in total. The van der Waals surface area contributed by atoms with Crippen molar-refractivity contribution in [3.05, 3.63) is 95.9 Å². The quantitative estimate of drug-likeness (QED) is 0.302. The van der Waals surface area contributed by atoms with Gasteiger partial charge in [0.25, 0.3) is 0 Å². The maximum absolute atomic E-state index is 14.3. The fourth-order valence-electron chi connectivity index (χ4n) is 5.26. The molecular weight excluding hydrogens is 511 g/mol. The number of carbonyl (C=O) groups excluding carboxylic acids is 2. The average molecular weight is 543 g/mol. The van der Waals surface area contributed by atoms with Crippen LogP contribution in [0.3, 0.4) is 0 Å². The summed E-state index contributed by atoms with van der Waals surface area (Å²) in [4.78, 5) is 33.1. The highest BCUT2D eigenvalue weighted by molar-refractivity contribution is 6.12. The summed E-state index contributed by atoms with van der Waals surface area (Å²) in [6.45, 7) is 2.80. The molecule has 4 aromatic rings. The van der Waals surface area contributed by atoms with Gasteiger partial charge in [-0.05, 0) is 23.8 Å². The van der Waals surface area contributed by atoms with E-state index >= 15 is 0 Å². The highest BCUT2D eigenvalue weighted by Gasteiger charge is 2.35. The number of aromatic nitrogens is 1. The molecule has 1 aliphatic rings. The van der Waals surface area contributed by atoms with Crippen LogP contribution in [0.5, 0.6) is 0 Å². The number of amides is 2. The maximum Gasteiger partial charge on any atom is 0.357 e. The van der Waals surface area contributed by atoms with Gasteiger partial charge in [0.2, 0.25) is 0 Å². The molecule has 2 atom stereocenters. The van der Waals surface area contributed by atoms with Gasteiger partial charge in [-0.2, -0.15) is 0 Å². The first-order valence-corrected chi connectivity index (χ1v) is 13.1. The van der Waals surface area contributed by atoms with Crippen LogP contribution in [0, 0.1) is 5.82 Å². The second-order valence-corrected chi connectivity index (χ2v) is 9.71. The van der Waals surface area contributed by atoms with Crippen molar-refractivity contribution in [3.8, 4) is 11.3 Å². The molecule has 3 aromatic carbocycles. The number of hydrogen-bond donors (Lipinski definition) is 2. The number of urea groups is 1. The molecule has 0 saturated carbocycles. The molecule has 0 radical (unpaired) electrons. The van der Waals surface area contributed by atoms with E-state index in [1.807, 2.05) is 48.5 Å². The van der Waals surface area contributed by atoms with E-state index in [2.05, 4.69) is 32.7 Å². The minimum Gasteiger partial charge on any atom is -0.464 e. The molecule has 40 heavy (non-hydrogen) atoms. The Hall–Kier alpha value is -4.34. The molecule has 206 valence electrons. The van der Waals surface area contributed by atoms with E-state index in [-0.39, 0.29) is 23.0 Å². The maximum atomic E-state index is 14.3. The van der Waals surface area contributed by atoms with Crippen LogP contribution in [0.15, 0.2) is 78.9 Å². The van der Waals surface area contributed by atoms with Gasteiger partial charge in [0, 0.05) is 49.0 Å². The third-order valence-corrected chi connectivity index (χ3v) is 7.18. The molecule has 1 fully saturated rings. The van der Waals surface area contributed by atoms with Gasteiger partial charge in [0.05, 0.1) is 31.1 Å². The van der Waals surface area contributed by atoms with E-state index in [1.54, 1.807) is 7.11 Å². The number of benzene rings is 3. The third kappa shape index (κ3) is 5.80. The number of likely N-dealkylation sites (tertiary alicyclic amines) is 1. The van der Waals surface area contributed by atoms with E-state index in [0.717, 1.165) is 18.7 Å². The van der Waals surface area contributed by atoms with Gasteiger partial charge < -0.3 is 20.1 Å². The van der Waals surface area contributed by atoms with Crippen molar-refractivity contribution in [2.24, 2.45) is 0 Å². The number of fused-ring (bicyclic) bond motifs is 1. The van der Waals surface area contributed by atoms with Gasteiger partial charge in [-0.15, -0.1) is 0 Å². The number of carbonyl (C=O) groups is 2. The lowest BCUT2D eigenvalue weighted by Gasteiger charge is -2.22. The van der Waals surface area contributed by atoms with Crippen molar-refractivity contribution >= 4 is 28.5 Å². The normalized spacial score (nSPS) is 17.1. The van der Waals surface area contributed by atoms with E-state index in [4.69, 9.17) is 9.47 Å². The molecule has 2 heterocycles. The van der Waals surface area contributed by atoms with E-state index < -0.39 is 17.8 Å². The van der Waals surface area contributed by atoms with Crippen LogP contribution in [0.4, 0.5) is 14.9 Å². The van der Waals surface area contributed by atoms with E-state index in [1.165, 1.54) is 25.3 Å². The lowest BCUT2D eigenvalue weighted by Crippen LogP contribution is -2.42. The van der Waals surface area contributed by atoms with Crippen LogP contribution in [0.1, 0.15) is 22.0 Å². The monoisotopic (exact) mass is 542 g/mol. The summed E-state index contributed by atoms with van der Waals surface area (Å²) in [6.07, 6.45) is 0. The molecule has 1 saturated heterocycles. The lowest BCUT2D eigenvalue weighted by molar-refractivity contribution is 0.0596. The molecule has 1 aliphatic heterocycles. The van der Waals surface area contributed by atoms with Crippen LogP contribution >= 0.6 is 0 Å². The molecule has 5 rings (SSSR count). The predicted molar refractivity (Wildman–Crippen MR) is 152 cm³/mol. The molecule has 0 spiro atoms. The minimum absolute atomic E-state index is 0.0319. The topological polar surface area (TPSA) is 92.8 Å². The summed E-state index contributed by atoms with van der Waals surface area (Å²) >= 11 is 0. The first-order valence-electron chi connectivity index (χ1n) is 13.1. The largest absolute Gasteiger partial charge is 0.464 e. The number of nitrogens with one attached hydrogen (secondary N) is 2. The number of pyridine rings is 1. The van der Waals surface area contributed by atoms with Crippen LogP contribution in [-0.2, 0) is 9.47 Å². The number of halogens is 1. The van der Waals surface area contributed by atoms with Crippen LogP contribution in [0.25, 0.3) is 22.0 Å². The SMILES string of the molecule is COCCN1CC(NC(=O)Nc2c(-c3ccccc3)nc(C(=O)OC)c3cc(F)ccc23)C(c2ccccc2)C1. The number of anilines is 1. The molecular formula is C31H31FN4O4. The molecule has 2 amide bonds. The first kappa shape index (κ1) is 27.2. The summed E-state index contributed by atoms with van der Waals surface area (Å²) < 4.78 is 24.5. The second-order valence-electron chi connectivity index (χ2n) is 9.71. The van der Waals surface area contributed by atoms with Gasteiger partial charge in [-0.25, -0.2) is 19.0 Å². The summed E-state index contributed by atoms with van der Waals surface area (Å²) in [7, 11) is 2.92.